The van der Waals surface area contributed by atoms with Crippen LogP contribution in [-0.2, 0) is 9.53 Å². The van der Waals surface area contributed by atoms with Gasteiger partial charge < -0.3 is 10.1 Å². The molecule has 0 rings (SSSR count). The molecule has 0 unspecified atom stereocenters. The lowest BCUT2D eigenvalue weighted by Gasteiger charge is -2.07. The van der Waals surface area contributed by atoms with Gasteiger partial charge in [0, 0.05) is 13.2 Å². The molecule has 0 bridgehead atoms. The maximum Gasteiger partial charge on any atom is 0.234 e. The first-order valence-electron chi connectivity index (χ1n) is 4.42. The third-order valence-corrected chi connectivity index (χ3v) is 1.33. The lowest BCUT2D eigenvalue weighted by Crippen LogP contribution is -2.24. The van der Waals surface area contributed by atoms with E-state index in [1.807, 2.05) is 13.8 Å². The molecule has 0 aromatic heterocycles. The first kappa shape index (κ1) is 11.9. The van der Waals surface area contributed by atoms with E-state index in [0.29, 0.717) is 13.2 Å². The van der Waals surface area contributed by atoms with E-state index in [2.05, 4.69) is 5.32 Å². The van der Waals surface area contributed by atoms with Crippen LogP contribution in [0.15, 0.2) is 0 Å². The van der Waals surface area contributed by atoms with Gasteiger partial charge in [-0.2, -0.15) is 5.26 Å². The third-order valence-electron chi connectivity index (χ3n) is 1.33. The van der Waals surface area contributed by atoms with Gasteiger partial charge in [0.15, 0.2) is 0 Å². The molecular formula is C9H16N2O2. The van der Waals surface area contributed by atoms with Crippen molar-refractivity contribution >= 4 is 5.91 Å². The van der Waals surface area contributed by atoms with Crippen LogP contribution in [0.5, 0.6) is 0 Å². The zero-order valence-electron chi connectivity index (χ0n) is 8.17. The van der Waals surface area contributed by atoms with Crippen molar-refractivity contribution in [2.24, 2.45) is 0 Å². The Morgan fingerprint density at radius 2 is 2.31 bits per heavy atom. The summed E-state index contributed by atoms with van der Waals surface area (Å²) in [5.74, 6) is -0.216. The Hall–Kier alpha value is -1.08. The lowest BCUT2D eigenvalue weighted by molar-refractivity contribution is -0.120. The number of hydrogen-bond acceptors (Lipinski definition) is 3. The monoisotopic (exact) mass is 184 g/mol. The van der Waals surface area contributed by atoms with E-state index in [4.69, 9.17) is 10.00 Å². The van der Waals surface area contributed by atoms with Gasteiger partial charge in [-0.05, 0) is 20.3 Å². The van der Waals surface area contributed by atoms with Crippen molar-refractivity contribution < 1.29 is 9.53 Å². The highest BCUT2D eigenvalue weighted by Crippen LogP contribution is 1.89. The van der Waals surface area contributed by atoms with Gasteiger partial charge in [-0.15, -0.1) is 0 Å². The fourth-order valence-corrected chi connectivity index (χ4v) is 0.753. The van der Waals surface area contributed by atoms with E-state index in [-0.39, 0.29) is 18.4 Å². The van der Waals surface area contributed by atoms with Crippen LogP contribution in [0.4, 0.5) is 0 Å². The standard InChI is InChI=1S/C9H16N2O2/c1-8(2)13-7-3-6-11-9(12)4-5-10/h8H,3-4,6-7H2,1-2H3,(H,11,12). The maximum atomic E-state index is 10.8. The van der Waals surface area contributed by atoms with E-state index < -0.39 is 0 Å². The predicted molar refractivity (Wildman–Crippen MR) is 48.9 cm³/mol. The molecule has 0 spiro atoms. The van der Waals surface area contributed by atoms with Crippen molar-refractivity contribution in [2.75, 3.05) is 13.2 Å². The lowest BCUT2D eigenvalue weighted by atomic mass is 10.4. The quantitative estimate of drug-likeness (QED) is 0.622. The van der Waals surface area contributed by atoms with E-state index in [1.54, 1.807) is 6.07 Å². The fourth-order valence-electron chi connectivity index (χ4n) is 0.753. The summed E-state index contributed by atoms with van der Waals surface area (Å²) in [4.78, 5) is 10.8. The molecule has 0 saturated carbocycles. The normalized spacial score (nSPS) is 9.69. The Morgan fingerprint density at radius 3 is 2.85 bits per heavy atom. The fraction of sp³-hybridized carbons (Fsp3) is 0.778. The van der Waals surface area contributed by atoms with E-state index in [0.717, 1.165) is 6.42 Å². The van der Waals surface area contributed by atoms with Crippen LogP contribution in [-0.4, -0.2) is 25.2 Å². The second-order valence-electron chi connectivity index (χ2n) is 2.96. The van der Waals surface area contributed by atoms with E-state index in [1.165, 1.54) is 0 Å². The number of hydrogen-bond donors (Lipinski definition) is 1. The van der Waals surface area contributed by atoms with Gasteiger partial charge in [-0.1, -0.05) is 0 Å². The van der Waals surface area contributed by atoms with Crippen molar-refractivity contribution in [3.05, 3.63) is 0 Å². The van der Waals surface area contributed by atoms with Crippen LogP contribution in [0.1, 0.15) is 26.7 Å². The minimum Gasteiger partial charge on any atom is -0.379 e. The Balaban J connectivity index is 3.17. The second-order valence-corrected chi connectivity index (χ2v) is 2.96. The van der Waals surface area contributed by atoms with Crippen molar-refractivity contribution in [1.82, 2.24) is 5.32 Å². The number of carbonyl (C=O) groups excluding carboxylic acids is 1. The second kappa shape index (κ2) is 7.56. The average Bonchev–Trinajstić information content (AvgIpc) is 2.03. The summed E-state index contributed by atoms with van der Waals surface area (Å²) in [6.07, 6.45) is 0.954. The molecule has 1 amide bonds. The zero-order chi connectivity index (χ0) is 10.1. The van der Waals surface area contributed by atoms with E-state index in [9.17, 15) is 4.79 Å². The van der Waals surface area contributed by atoms with Gasteiger partial charge in [0.2, 0.25) is 5.91 Å². The Bertz CT molecular complexity index is 185. The van der Waals surface area contributed by atoms with Gasteiger partial charge >= 0.3 is 0 Å². The number of nitrogens with one attached hydrogen (secondary N) is 1. The zero-order valence-corrected chi connectivity index (χ0v) is 8.17. The number of rotatable bonds is 6. The number of amides is 1. The molecule has 0 aliphatic carbocycles. The molecule has 0 saturated heterocycles. The van der Waals surface area contributed by atoms with Crippen LogP contribution < -0.4 is 5.32 Å². The summed E-state index contributed by atoms with van der Waals surface area (Å²) in [5.41, 5.74) is 0. The molecule has 0 aliphatic rings. The third kappa shape index (κ3) is 8.83. The molecule has 0 heterocycles. The smallest absolute Gasteiger partial charge is 0.234 e. The first-order valence-corrected chi connectivity index (χ1v) is 4.42. The topological polar surface area (TPSA) is 62.1 Å². The molecule has 4 nitrogen and oxygen atoms in total. The summed E-state index contributed by atoms with van der Waals surface area (Å²) in [6, 6.07) is 1.78. The number of carbonyl (C=O) groups is 1. The van der Waals surface area contributed by atoms with Gasteiger partial charge in [0.1, 0.15) is 6.42 Å². The minimum absolute atomic E-state index is 0.0644. The van der Waals surface area contributed by atoms with Crippen LogP contribution >= 0.6 is 0 Å². The first-order chi connectivity index (χ1) is 6.16. The van der Waals surface area contributed by atoms with Crippen molar-refractivity contribution in [3.63, 3.8) is 0 Å². The molecule has 0 aromatic rings. The minimum atomic E-state index is -0.216. The largest absolute Gasteiger partial charge is 0.379 e. The Kier molecular flexibility index (Phi) is 6.93. The summed E-state index contributed by atoms with van der Waals surface area (Å²) in [6.45, 7) is 5.15. The summed E-state index contributed by atoms with van der Waals surface area (Å²) < 4.78 is 5.27. The molecule has 74 valence electrons. The maximum absolute atomic E-state index is 10.8. The molecule has 0 aliphatic heterocycles. The highest BCUT2D eigenvalue weighted by molar-refractivity contribution is 5.77. The van der Waals surface area contributed by atoms with Crippen LogP contribution in [0.3, 0.4) is 0 Å². The number of ether oxygens (including phenoxy) is 1. The molecule has 4 heteroatoms. The molecule has 1 N–H and O–H groups in total. The van der Waals surface area contributed by atoms with Crippen molar-refractivity contribution in [3.8, 4) is 6.07 Å². The summed E-state index contributed by atoms with van der Waals surface area (Å²) >= 11 is 0. The summed E-state index contributed by atoms with van der Waals surface area (Å²) in [7, 11) is 0. The molecule has 0 atom stereocenters. The molecular weight excluding hydrogens is 168 g/mol. The number of nitriles is 1. The number of nitrogens with zero attached hydrogens (tertiary/aromatic N) is 1. The Morgan fingerprint density at radius 1 is 1.62 bits per heavy atom. The van der Waals surface area contributed by atoms with Crippen LogP contribution in [0, 0.1) is 11.3 Å². The molecule has 13 heavy (non-hydrogen) atoms. The SMILES string of the molecule is CC(C)OCCCNC(=O)CC#N. The van der Waals surface area contributed by atoms with Gasteiger partial charge in [-0.25, -0.2) is 0 Å². The van der Waals surface area contributed by atoms with Gasteiger partial charge in [0.25, 0.3) is 0 Å². The van der Waals surface area contributed by atoms with E-state index >= 15 is 0 Å². The van der Waals surface area contributed by atoms with Crippen molar-refractivity contribution in [1.29, 1.82) is 5.26 Å². The molecule has 0 aromatic carbocycles. The van der Waals surface area contributed by atoms with Crippen molar-refractivity contribution in [2.45, 2.75) is 32.8 Å². The van der Waals surface area contributed by atoms with Gasteiger partial charge in [-0.3, -0.25) is 4.79 Å². The van der Waals surface area contributed by atoms with Crippen LogP contribution in [0.2, 0.25) is 0 Å². The summed E-state index contributed by atoms with van der Waals surface area (Å²) in [5, 5.41) is 10.8. The highest BCUT2D eigenvalue weighted by atomic mass is 16.5. The average molecular weight is 184 g/mol. The van der Waals surface area contributed by atoms with Gasteiger partial charge in [0.05, 0.1) is 12.2 Å². The van der Waals surface area contributed by atoms with Crippen LogP contribution in [0.25, 0.3) is 0 Å². The predicted octanol–water partition coefficient (Wildman–Crippen LogP) is 0.831. The Labute approximate surface area is 78.9 Å². The molecule has 0 radical (unpaired) electrons. The highest BCUT2D eigenvalue weighted by Gasteiger charge is 1.98. The molecule has 0 fully saturated rings.